The molecule has 0 unspecified atom stereocenters. The van der Waals surface area contributed by atoms with Crippen LogP contribution in [0.1, 0.15) is 6.42 Å². The van der Waals surface area contributed by atoms with Gasteiger partial charge in [0.15, 0.2) is 0 Å². The number of hydrogen-bond donors (Lipinski definition) is 2. The smallest absolute Gasteiger partial charge is 0.308 e. The maximum Gasteiger partial charge on any atom is 0.308 e. The number of rotatable bonds is 3. The third-order valence-electron chi connectivity index (χ3n) is 2.97. The number of nitrogens with two attached hydrogens (primary N) is 1. The summed E-state index contributed by atoms with van der Waals surface area (Å²) >= 11 is 0. The summed E-state index contributed by atoms with van der Waals surface area (Å²) in [6.07, 6.45) is 0.00723. The van der Waals surface area contributed by atoms with Crippen LogP contribution in [-0.2, 0) is 9.59 Å². The van der Waals surface area contributed by atoms with Crippen LogP contribution in [0.2, 0.25) is 0 Å². The van der Waals surface area contributed by atoms with Crippen LogP contribution in [0.3, 0.4) is 0 Å². The van der Waals surface area contributed by atoms with Crippen molar-refractivity contribution in [1.29, 1.82) is 0 Å². The summed E-state index contributed by atoms with van der Waals surface area (Å²) in [6.45, 7) is 0.147. The molecule has 1 saturated heterocycles. The number of anilines is 2. The lowest BCUT2D eigenvalue weighted by molar-refractivity contribution is -0.141. The Kier molecular flexibility index (Phi) is 3.10. The second kappa shape index (κ2) is 4.56. The van der Waals surface area contributed by atoms with Crippen molar-refractivity contribution in [2.45, 2.75) is 6.42 Å². The predicted molar refractivity (Wildman–Crippen MR) is 65.5 cm³/mol. The first kappa shape index (κ1) is 12.2. The van der Waals surface area contributed by atoms with E-state index >= 15 is 0 Å². The third-order valence-corrected chi connectivity index (χ3v) is 2.97. The van der Waals surface area contributed by atoms with Gasteiger partial charge in [0.2, 0.25) is 5.91 Å². The van der Waals surface area contributed by atoms with Gasteiger partial charge in [-0.15, -0.1) is 0 Å². The van der Waals surface area contributed by atoms with E-state index in [-0.39, 0.29) is 18.9 Å². The van der Waals surface area contributed by atoms with Crippen molar-refractivity contribution >= 4 is 23.3 Å². The lowest BCUT2D eigenvalue weighted by atomic mass is 10.1. The van der Waals surface area contributed by atoms with E-state index in [1.807, 2.05) is 0 Å². The Morgan fingerprint density at radius 3 is 2.83 bits per heavy atom. The highest BCUT2D eigenvalue weighted by atomic mass is 16.5. The molecule has 18 heavy (non-hydrogen) atoms. The number of nitrogen functional groups attached to an aromatic ring is 1. The molecule has 6 nitrogen and oxygen atoms in total. The molecule has 0 aliphatic carbocycles. The number of carboxylic acid groups (broad SMARTS) is 1. The van der Waals surface area contributed by atoms with E-state index in [1.165, 1.54) is 12.0 Å². The second-order valence-corrected chi connectivity index (χ2v) is 4.17. The number of aliphatic carboxylic acids is 1. The standard InChI is InChI=1S/C12H14N2O4/c1-18-10-3-2-8(13)5-9(10)14-6-7(12(16)17)4-11(14)15/h2-3,5,7H,4,6,13H2,1H3,(H,16,17)/t7-/m0/s1. The van der Waals surface area contributed by atoms with Crippen molar-refractivity contribution in [2.24, 2.45) is 5.92 Å². The van der Waals surface area contributed by atoms with Crippen LogP contribution in [0.15, 0.2) is 18.2 Å². The van der Waals surface area contributed by atoms with E-state index < -0.39 is 11.9 Å². The molecule has 2 rings (SSSR count). The van der Waals surface area contributed by atoms with Gasteiger partial charge in [-0.3, -0.25) is 9.59 Å². The predicted octanol–water partition coefficient (Wildman–Crippen LogP) is 0.715. The summed E-state index contributed by atoms with van der Waals surface area (Å²) < 4.78 is 5.16. The molecule has 0 saturated carbocycles. The molecule has 6 heteroatoms. The summed E-state index contributed by atoms with van der Waals surface area (Å²) in [6, 6.07) is 4.94. The number of ether oxygens (including phenoxy) is 1. The minimum atomic E-state index is -0.964. The number of methoxy groups -OCH3 is 1. The monoisotopic (exact) mass is 250 g/mol. The van der Waals surface area contributed by atoms with Gasteiger partial charge in [-0.1, -0.05) is 0 Å². The quantitative estimate of drug-likeness (QED) is 0.771. The molecular formula is C12H14N2O4. The lowest BCUT2D eigenvalue weighted by Crippen LogP contribution is -2.26. The average molecular weight is 250 g/mol. The van der Waals surface area contributed by atoms with E-state index in [0.717, 1.165) is 0 Å². The van der Waals surface area contributed by atoms with Gasteiger partial charge in [0.1, 0.15) is 5.75 Å². The van der Waals surface area contributed by atoms with Gasteiger partial charge in [0, 0.05) is 18.7 Å². The van der Waals surface area contributed by atoms with Crippen LogP contribution in [0, 0.1) is 5.92 Å². The number of nitrogens with zero attached hydrogens (tertiary/aromatic N) is 1. The zero-order valence-corrected chi connectivity index (χ0v) is 9.92. The van der Waals surface area contributed by atoms with Crippen molar-refractivity contribution in [1.82, 2.24) is 0 Å². The van der Waals surface area contributed by atoms with E-state index in [4.69, 9.17) is 15.6 Å². The van der Waals surface area contributed by atoms with E-state index in [1.54, 1.807) is 18.2 Å². The summed E-state index contributed by atoms with van der Waals surface area (Å²) in [7, 11) is 1.49. The number of carbonyl (C=O) groups is 2. The number of hydrogen-bond acceptors (Lipinski definition) is 4. The molecular weight excluding hydrogens is 236 g/mol. The summed E-state index contributed by atoms with van der Waals surface area (Å²) in [5, 5.41) is 8.94. The van der Waals surface area contributed by atoms with Gasteiger partial charge in [-0.2, -0.15) is 0 Å². The van der Waals surface area contributed by atoms with Crippen LogP contribution >= 0.6 is 0 Å². The van der Waals surface area contributed by atoms with Crippen LogP contribution in [0.4, 0.5) is 11.4 Å². The topological polar surface area (TPSA) is 92.9 Å². The molecule has 1 heterocycles. The van der Waals surface area contributed by atoms with Gasteiger partial charge in [0.25, 0.3) is 0 Å². The normalized spacial score (nSPS) is 19.1. The fourth-order valence-electron chi connectivity index (χ4n) is 2.02. The first-order chi connectivity index (χ1) is 8.52. The Morgan fingerprint density at radius 2 is 2.28 bits per heavy atom. The zero-order chi connectivity index (χ0) is 13.3. The molecule has 1 fully saturated rings. The molecule has 3 N–H and O–H groups in total. The van der Waals surface area contributed by atoms with Crippen LogP contribution in [-0.4, -0.2) is 30.6 Å². The molecule has 1 aliphatic rings. The third kappa shape index (κ3) is 2.09. The van der Waals surface area contributed by atoms with E-state index in [0.29, 0.717) is 17.1 Å². The summed E-state index contributed by atoms with van der Waals surface area (Å²) in [5.41, 5.74) is 6.70. The van der Waals surface area contributed by atoms with Gasteiger partial charge in [-0.05, 0) is 18.2 Å². The van der Waals surface area contributed by atoms with Gasteiger partial charge in [-0.25, -0.2) is 0 Å². The van der Waals surface area contributed by atoms with Gasteiger partial charge in [0.05, 0.1) is 18.7 Å². The minimum Gasteiger partial charge on any atom is -0.495 e. The summed E-state index contributed by atoms with van der Waals surface area (Å²) in [4.78, 5) is 24.2. The van der Waals surface area contributed by atoms with Crippen molar-refractivity contribution in [3.63, 3.8) is 0 Å². The molecule has 1 aliphatic heterocycles. The van der Waals surface area contributed by atoms with Crippen molar-refractivity contribution in [3.05, 3.63) is 18.2 Å². The number of benzene rings is 1. The Balaban J connectivity index is 2.34. The van der Waals surface area contributed by atoms with E-state index in [9.17, 15) is 9.59 Å². The molecule has 0 spiro atoms. The first-order valence-corrected chi connectivity index (χ1v) is 5.49. The summed E-state index contributed by atoms with van der Waals surface area (Å²) in [5.74, 6) is -1.37. The van der Waals surface area contributed by atoms with Crippen molar-refractivity contribution in [3.8, 4) is 5.75 Å². The largest absolute Gasteiger partial charge is 0.495 e. The second-order valence-electron chi connectivity index (χ2n) is 4.17. The van der Waals surface area contributed by atoms with Crippen molar-refractivity contribution < 1.29 is 19.4 Å². The van der Waals surface area contributed by atoms with Crippen LogP contribution < -0.4 is 15.4 Å². The zero-order valence-electron chi connectivity index (χ0n) is 9.92. The molecule has 1 aromatic rings. The van der Waals surface area contributed by atoms with Gasteiger partial charge >= 0.3 is 5.97 Å². The average Bonchev–Trinajstić information content (AvgIpc) is 2.71. The highest BCUT2D eigenvalue weighted by Gasteiger charge is 2.36. The van der Waals surface area contributed by atoms with Gasteiger partial charge < -0.3 is 20.5 Å². The number of carboxylic acids is 1. The molecule has 96 valence electrons. The Hall–Kier alpha value is -2.24. The van der Waals surface area contributed by atoms with Crippen LogP contribution in [0.25, 0.3) is 0 Å². The fraction of sp³-hybridized carbons (Fsp3) is 0.333. The number of carbonyl (C=O) groups excluding carboxylic acids is 1. The molecule has 1 aromatic carbocycles. The molecule has 1 amide bonds. The molecule has 1 atom stereocenters. The maximum absolute atomic E-state index is 11.8. The SMILES string of the molecule is COc1ccc(N)cc1N1C[C@@H](C(=O)O)CC1=O. The highest BCUT2D eigenvalue weighted by molar-refractivity contribution is 6.00. The maximum atomic E-state index is 11.8. The Morgan fingerprint density at radius 1 is 1.56 bits per heavy atom. The lowest BCUT2D eigenvalue weighted by Gasteiger charge is -2.19. The minimum absolute atomic E-state index is 0.00723. The van der Waals surface area contributed by atoms with Crippen molar-refractivity contribution in [2.75, 3.05) is 24.3 Å². The molecule has 0 radical (unpaired) electrons. The Bertz CT molecular complexity index is 501. The first-order valence-electron chi connectivity index (χ1n) is 5.49. The molecule has 0 bridgehead atoms. The fourth-order valence-corrected chi connectivity index (χ4v) is 2.02. The Labute approximate surface area is 104 Å². The van der Waals surface area contributed by atoms with E-state index in [2.05, 4.69) is 0 Å². The number of amides is 1. The van der Waals surface area contributed by atoms with Crippen LogP contribution in [0.5, 0.6) is 5.75 Å². The molecule has 0 aromatic heterocycles. The highest BCUT2D eigenvalue weighted by Crippen LogP contribution is 2.34.